The first-order valence-electron chi connectivity index (χ1n) is 7.00. The lowest BCUT2D eigenvalue weighted by Crippen LogP contribution is -2.51. The lowest BCUT2D eigenvalue weighted by molar-refractivity contribution is -0.168. The lowest BCUT2D eigenvalue weighted by Gasteiger charge is -2.44. The number of carbonyl (C=O) groups is 2. The number of allylic oxidation sites excluding steroid dienone is 2. The average molecular weight is 250 g/mol. The third-order valence-electron chi connectivity index (χ3n) is 4.45. The first kappa shape index (κ1) is 13.3. The van der Waals surface area contributed by atoms with Crippen LogP contribution in [0.5, 0.6) is 0 Å². The highest BCUT2D eigenvalue weighted by molar-refractivity contribution is 6.06. The van der Waals surface area contributed by atoms with E-state index in [1.54, 1.807) is 6.92 Å². The summed E-state index contributed by atoms with van der Waals surface area (Å²) in [6.45, 7) is 4.14. The highest BCUT2D eigenvalue weighted by Crippen LogP contribution is 2.49. The number of carbonyl (C=O) groups excluding carboxylic acids is 2. The number of hydrogen-bond donors (Lipinski definition) is 0. The van der Waals surface area contributed by atoms with Crippen molar-refractivity contribution in [3.05, 3.63) is 12.2 Å². The number of ketones is 1. The van der Waals surface area contributed by atoms with Crippen molar-refractivity contribution in [2.45, 2.75) is 46.0 Å². The van der Waals surface area contributed by atoms with E-state index in [1.807, 2.05) is 13.0 Å². The molecule has 3 atom stereocenters. The van der Waals surface area contributed by atoms with Gasteiger partial charge in [-0.2, -0.15) is 0 Å². The monoisotopic (exact) mass is 250 g/mol. The molecule has 0 aliphatic heterocycles. The molecular weight excluding hydrogens is 228 g/mol. The SMILES string of the molecule is C/C=C\[C@@H]1CC[C@]2(C(=O)OCC)CCC[C@H]1C2=O. The third-order valence-corrected chi connectivity index (χ3v) is 4.45. The number of esters is 1. The molecule has 2 aliphatic carbocycles. The second-order valence-corrected chi connectivity index (χ2v) is 5.39. The van der Waals surface area contributed by atoms with Gasteiger partial charge in [0.2, 0.25) is 0 Å². The second-order valence-electron chi connectivity index (χ2n) is 5.39. The van der Waals surface area contributed by atoms with Crippen LogP contribution in [0.2, 0.25) is 0 Å². The van der Waals surface area contributed by atoms with Crippen LogP contribution in [0.4, 0.5) is 0 Å². The minimum Gasteiger partial charge on any atom is -0.465 e. The smallest absolute Gasteiger partial charge is 0.319 e. The standard InChI is InChI=1S/C15H22O3/c1-3-6-11-8-10-15(14(17)18-4-2)9-5-7-12(11)13(15)16/h3,6,11-12H,4-5,7-10H2,1-2H3/b6-3-/t11-,12-,15-/m1/s1. The van der Waals surface area contributed by atoms with Crippen molar-refractivity contribution in [2.24, 2.45) is 17.3 Å². The van der Waals surface area contributed by atoms with Gasteiger partial charge >= 0.3 is 5.97 Å². The summed E-state index contributed by atoms with van der Waals surface area (Å²) in [6, 6.07) is 0. The van der Waals surface area contributed by atoms with Crippen molar-refractivity contribution in [3.8, 4) is 0 Å². The van der Waals surface area contributed by atoms with Crippen molar-refractivity contribution in [3.63, 3.8) is 0 Å². The number of ether oxygens (including phenoxy) is 1. The molecule has 2 saturated carbocycles. The lowest BCUT2D eigenvalue weighted by atomic mass is 9.57. The molecule has 0 aromatic rings. The molecule has 2 bridgehead atoms. The molecule has 0 aromatic carbocycles. The van der Waals surface area contributed by atoms with Crippen molar-refractivity contribution in [1.29, 1.82) is 0 Å². The normalized spacial score (nSPS) is 35.8. The largest absolute Gasteiger partial charge is 0.465 e. The maximum absolute atomic E-state index is 12.6. The Kier molecular flexibility index (Phi) is 3.88. The van der Waals surface area contributed by atoms with E-state index in [0.29, 0.717) is 25.4 Å². The van der Waals surface area contributed by atoms with Gasteiger partial charge in [-0.1, -0.05) is 18.6 Å². The highest BCUT2D eigenvalue weighted by Gasteiger charge is 2.55. The summed E-state index contributed by atoms with van der Waals surface area (Å²) in [5, 5.41) is 0. The van der Waals surface area contributed by atoms with E-state index in [-0.39, 0.29) is 17.7 Å². The zero-order chi connectivity index (χ0) is 13.2. The van der Waals surface area contributed by atoms with E-state index in [9.17, 15) is 9.59 Å². The van der Waals surface area contributed by atoms with Crippen LogP contribution in [0.15, 0.2) is 12.2 Å². The molecule has 18 heavy (non-hydrogen) atoms. The molecule has 0 aromatic heterocycles. The summed E-state index contributed by atoms with van der Waals surface area (Å²) in [5.41, 5.74) is -0.809. The fourth-order valence-corrected chi connectivity index (χ4v) is 3.56. The Morgan fingerprint density at radius 3 is 2.89 bits per heavy atom. The molecule has 0 amide bonds. The second kappa shape index (κ2) is 5.25. The van der Waals surface area contributed by atoms with E-state index in [0.717, 1.165) is 19.3 Å². The summed E-state index contributed by atoms with van der Waals surface area (Å²) < 4.78 is 5.15. The predicted octanol–water partition coefficient (Wildman–Crippen LogP) is 2.89. The zero-order valence-corrected chi connectivity index (χ0v) is 11.3. The van der Waals surface area contributed by atoms with Gasteiger partial charge in [0.15, 0.2) is 5.78 Å². The Morgan fingerprint density at radius 2 is 2.22 bits per heavy atom. The fraction of sp³-hybridized carbons (Fsp3) is 0.733. The van der Waals surface area contributed by atoms with Crippen LogP contribution in [-0.2, 0) is 14.3 Å². The third kappa shape index (κ3) is 2.00. The number of Topliss-reactive ketones (excluding diaryl/α,β-unsaturated/α-hetero) is 1. The minimum atomic E-state index is -0.809. The van der Waals surface area contributed by atoms with Gasteiger partial charge in [0.1, 0.15) is 5.41 Å². The molecule has 0 spiro atoms. The molecule has 0 saturated heterocycles. The van der Waals surface area contributed by atoms with Gasteiger partial charge in [-0.15, -0.1) is 0 Å². The van der Waals surface area contributed by atoms with E-state index in [2.05, 4.69) is 6.08 Å². The molecule has 3 nitrogen and oxygen atoms in total. The van der Waals surface area contributed by atoms with Gasteiger partial charge in [-0.3, -0.25) is 9.59 Å². The predicted molar refractivity (Wildman–Crippen MR) is 69.0 cm³/mol. The molecular formula is C15H22O3. The van der Waals surface area contributed by atoms with E-state index in [1.165, 1.54) is 0 Å². The Balaban J connectivity index is 2.24. The molecule has 2 aliphatic rings. The topological polar surface area (TPSA) is 43.4 Å². The molecule has 100 valence electrons. The number of rotatable bonds is 3. The Morgan fingerprint density at radius 1 is 1.44 bits per heavy atom. The van der Waals surface area contributed by atoms with Crippen molar-refractivity contribution in [2.75, 3.05) is 6.61 Å². The Labute approximate surface area is 109 Å². The summed E-state index contributed by atoms with van der Waals surface area (Å²) in [5.74, 6) is 0.221. The van der Waals surface area contributed by atoms with Crippen molar-refractivity contribution in [1.82, 2.24) is 0 Å². The van der Waals surface area contributed by atoms with E-state index < -0.39 is 5.41 Å². The Bertz CT molecular complexity index is 372. The van der Waals surface area contributed by atoms with Gasteiger partial charge in [-0.25, -0.2) is 0 Å². The van der Waals surface area contributed by atoms with Gasteiger partial charge < -0.3 is 4.74 Å². The number of hydrogen-bond acceptors (Lipinski definition) is 3. The van der Waals surface area contributed by atoms with Crippen LogP contribution in [0.1, 0.15) is 46.0 Å². The van der Waals surface area contributed by atoms with Crippen molar-refractivity contribution < 1.29 is 14.3 Å². The molecule has 3 heteroatoms. The van der Waals surface area contributed by atoms with Crippen LogP contribution >= 0.6 is 0 Å². The Hall–Kier alpha value is -1.12. The molecule has 2 fully saturated rings. The van der Waals surface area contributed by atoms with Gasteiger partial charge in [-0.05, 0) is 45.4 Å². The quantitative estimate of drug-likeness (QED) is 0.439. The zero-order valence-electron chi connectivity index (χ0n) is 11.3. The van der Waals surface area contributed by atoms with Crippen LogP contribution in [0.25, 0.3) is 0 Å². The number of fused-ring (bicyclic) bond motifs is 2. The maximum Gasteiger partial charge on any atom is 0.319 e. The molecule has 0 radical (unpaired) electrons. The highest BCUT2D eigenvalue weighted by atomic mass is 16.5. The van der Waals surface area contributed by atoms with Crippen LogP contribution < -0.4 is 0 Å². The van der Waals surface area contributed by atoms with Gasteiger partial charge in [0.05, 0.1) is 6.61 Å². The van der Waals surface area contributed by atoms with Crippen LogP contribution in [0, 0.1) is 17.3 Å². The summed E-state index contributed by atoms with van der Waals surface area (Å²) in [4.78, 5) is 24.7. The molecule has 0 unspecified atom stereocenters. The summed E-state index contributed by atoms with van der Waals surface area (Å²) in [7, 11) is 0. The summed E-state index contributed by atoms with van der Waals surface area (Å²) in [6.07, 6.45) is 8.31. The van der Waals surface area contributed by atoms with Crippen molar-refractivity contribution >= 4 is 11.8 Å². The summed E-state index contributed by atoms with van der Waals surface area (Å²) >= 11 is 0. The van der Waals surface area contributed by atoms with Crippen LogP contribution in [0.3, 0.4) is 0 Å². The maximum atomic E-state index is 12.6. The van der Waals surface area contributed by atoms with E-state index in [4.69, 9.17) is 4.74 Å². The van der Waals surface area contributed by atoms with Gasteiger partial charge in [0.25, 0.3) is 0 Å². The first-order chi connectivity index (χ1) is 8.65. The van der Waals surface area contributed by atoms with Gasteiger partial charge in [0, 0.05) is 5.92 Å². The minimum absolute atomic E-state index is 0.0353. The first-order valence-corrected chi connectivity index (χ1v) is 7.00. The fourth-order valence-electron chi connectivity index (χ4n) is 3.56. The molecule has 0 heterocycles. The molecule has 0 N–H and O–H groups in total. The van der Waals surface area contributed by atoms with E-state index >= 15 is 0 Å². The molecule has 2 rings (SSSR count). The van der Waals surface area contributed by atoms with Crippen LogP contribution in [-0.4, -0.2) is 18.4 Å². The average Bonchev–Trinajstić information content (AvgIpc) is 2.34.